The highest BCUT2D eigenvalue weighted by molar-refractivity contribution is 5.31. The maximum atomic E-state index is 9.96. The zero-order valence-electron chi connectivity index (χ0n) is 12.6. The fourth-order valence-electron chi connectivity index (χ4n) is 2.25. The zero-order chi connectivity index (χ0) is 14.6. The van der Waals surface area contributed by atoms with Gasteiger partial charge in [0.25, 0.3) is 0 Å². The summed E-state index contributed by atoms with van der Waals surface area (Å²) in [6.45, 7) is 5.24. The quantitative estimate of drug-likeness (QED) is 0.766. The van der Waals surface area contributed by atoms with Crippen molar-refractivity contribution in [2.75, 3.05) is 20.3 Å². The van der Waals surface area contributed by atoms with E-state index in [2.05, 4.69) is 19.2 Å². The van der Waals surface area contributed by atoms with Crippen molar-refractivity contribution in [2.45, 2.75) is 38.3 Å². The Labute approximate surface area is 121 Å². The monoisotopic (exact) mass is 279 g/mol. The molecule has 4 heteroatoms. The minimum Gasteiger partial charge on any atom is -0.497 e. The molecule has 1 fully saturated rings. The van der Waals surface area contributed by atoms with E-state index in [1.807, 2.05) is 24.3 Å². The molecule has 0 heterocycles. The molecular weight excluding hydrogens is 254 g/mol. The third kappa shape index (κ3) is 4.39. The minimum absolute atomic E-state index is 0.112. The van der Waals surface area contributed by atoms with E-state index in [4.69, 9.17) is 9.47 Å². The maximum absolute atomic E-state index is 9.96. The summed E-state index contributed by atoms with van der Waals surface area (Å²) < 4.78 is 10.6. The molecular formula is C16H25NO3. The highest BCUT2D eigenvalue weighted by atomic mass is 16.5. The highest BCUT2D eigenvalue weighted by Crippen LogP contribution is 2.39. The van der Waals surface area contributed by atoms with Crippen molar-refractivity contribution in [1.82, 2.24) is 5.32 Å². The van der Waals surface area contributed by atoms with Gasteiger partial charge < -0.3 is 19.9 Å². The van der Waals surface area contributed by atoms with Crippen LogP contribution in [0.1, 0.15) is 26.7 Å². The molecule has 2 rings (SSSR count). The van der Waals surface area contributed by atoms with Crippen LogP contribution in [-0.2, 0) is 0 Å². The molecule has 0 saturated heterocycles. The van der Waals surface area contributed by atoms with Crippen LogP contribution >= 0.6 is 0 Å². The molecule has 0 amide bonds. The second-order valence-electron chi connectivity index (χ2n) is 6.02. The van der Waals surface area contributed by atoms with Crippen LogP contribution in [-0.4, -0.2) is 37.0 Å². The largest absolute Gasteiger partial charge is 0.497 e. The fourth-order valence-corrected chi connectivity index (χ4v) is 2.25. The van der Waals surface area contributed by atoms with Gasteiger partial charge in [-0.3, -0.25) is 0 Å². The molecule has 1 aliphatic carbocycles. The summed E-state index contributed by atoms with van der Waals surface area (Å²) in [4.78, 5) is 0. The SMILES string of the molecule is COc1ccc(OCC(O)CNC(C)(C)C2CC2)cc1. The van der Waals surface area contributed by atoms with Crippen molar-refractivity contribution >= 4 is 0 Å². The van der Waals surface area contributed by atoms with Crippen LogP contribution in [0.15, 0.2) is 24.3 Å². The summed E-state index contributed by atoms with van der Waals surface area (Å²) in [5.74, 6) is 2.29. The Morgan fingerprint density at radius 2 is 1.85 bits per heavy atom. The van der Waals surface area contributed by atoms with E-state index in [0.29, 0.717) is 13.2 Å². The molecule has 0 aliphatic heterocycles. The molecule has 1 unspecified atom stereocenters. The molecule has 0 aromatic heterocycles. The first kappa shape index (κ1) is 15.1. The van der Waals surface area contributed by atoms with E-state index < -0.39 is 6.10 Å². The number of aliphatic hydroxyl groups excluding tert-OH is 1. The molecule has 2 N–H and O–H groups in total. The lowest BCUT2D eigenvalue weighted by atomic mass is 9.98. The van der Waals surface area contributed by atoms with Crippen LogP contribution in [0.25, 0.3) is 0 Å². The smallest absolute Gasteiger partial charge is 0.119 e. The van der Waals surface area contributed by atoms with Crippen molar-refractivity contribution < 1.29 is 14.6 Å². The molecule has 1 aromatic rings. The lowest BCUT2D eigenvalue weighted by Crippen LogP contribution is -2.46. The number of hydrogen-bond donors (Lipinski definition) is 2. The Hall–Kier alpha value is -1.26. The van der Waals surface area contributed by atoms with Crippen molar-refractivity contribution in [3.8, 4) is 11.5 Å². The Kier molecular flexibility index (Phi) is 4.89. The second-order valence-corrected chi connectivity index (χ2v) is 6.02. The molecule has 0 bridgehead atoms. The lowest BCUT2D eigenvalue weighted by Gasteiger charge is -2.27. The molecule has 1 aromatic carbocycles. The molecule has 1 aliphatic rings. The maximum Gasteiger partial charge on any atom is 0.119 e. The first-order valence-corrected chi connectivity index (χ1v) is 7.21. The average Bonchev–Trinajstić information content (AvgIpc) is 3.28. The van der Waals surface area contributed by atoms with Gasteiger partial charge in [-0.1, -0.05) is 0 Å². The number of nitrogens with one attached hydrogen (secondary N) is 1. The lowest BCUT2D eigenvalue weighted by molar-refractivity contribution is 0.0970. The van der Waals surface area contributed by atoms with Gasteiger partial charge in [-0.05, 0) is 56.9 Å². The third-order valence-electron chi connectivity index (χ3n) is 3.89. The number of ether oxygens (including phenoxy) is 2. The molecule has 0 radical (unpaired) electrons. The summed E-state index contributed by atoms with van der Waals surface area (Å²) in [5.41, 5.74) is 0.112. The fraction of sp³-hybridized carbons (Fsp3) is 0.625. The van der Waals surface area contributed by atoms with Gasteiger partial charge in [0.2, 0.25) is 0 Å². The van der Waals surface area contributed by atoms with Crippen LogP contribution in [0.2, 0.25) is 0 Å². The van der Waals surface area contributed by atoms with Gasteiger partial charge in [0.15, 0.2) is 0 Å². The number of rotatable bonds is 8. The number of aliphatic hydroxyl groups is 1. The summed E-state index contributed by atoms with van der Waals surface area (Å²) in [5, 5.41) is 13.4. The summed E-state index contributed by atoms with van der Waals surface area (Å²) in [6, 6.07) is 7.37. The van der Waals surface area contributed by atoms with Crippen LogP contribution in [0, 0.1) is 5.92 Å². The van der Waals surface area contributed by atoms with Crippen molar-refractivity contribution in [3.63, 3.8) is 0 Å². The zero-order valence-corrected chi connectivity index (χ0v) is 12.6. The van der Waals surface area contributed by atoms with Gasteiger partial charge in [-0.2, -0.15) is 0 Å². The molecule has 1 atom stereocenters. The molecule has 1 saturated carbocycles. The van der Waals surface area contributed by atoms with Gasteiger partial charge in [0.05, 0.1) is 7.11 Å². The normalized spacial score (nSPS) is 16.8. The third-order valence-corrected chi connectivity index (χ3v) is 3.89. The predicted octanol–water partition coefficient (Wildman–Crippen LogP) is 2.21. The molecule has 112 valence electrons. The number of β-amino-alcohol motifs (C(OH)–C–C–N with tert-alkyl or cyclic N) is 1. The van der Waals surface area contributed by atoms with Crippen LogP contribution in [0.4, 0.5) is 0 Å². The summed E-state index contributed by atoms with van der Waals surface area (Å²) in [6.07, 6.45) is 2.08. The second kappa shape index (κ2) is 6.46. The average molecular weight is 279 g/mol. The Bertz CT molecular complexity index is 412. The van der Waals surface area contributed by atoms with Crippen molar-refractivity contribution in [1.29, 1.82) is 0 Å². The van der Waals surface area contributed by atoms with E-state index in [1.54, 1.807) is 7.11 Å². The van der Waals surface area contributed by atoms with Crippen LogP contribution in [0.3, 0.4) is 0 Å². The van der Waals surface area contributed by atoms with Gasteiger partial charge in [-0.15, -0.1) is 0 Å². The number of benzene rings is 1. The molecule has 4 nitrogen and oxygen atoms in total. The van der Waals surface area contributed by atoms with Gasteiger partial charge in [0.1, 0.15) is 24.2 Å². The molecule has 0 spiro atoms. The Morgan fingerprint density at radius 3 is 2.40 bits per heavy atom. The van der Waals surface area contributed by atoms with E-state index in [0.717, 1.165) is 17.4 Å². The topological polar surface area (TPSA) is 50.7 Å². The Balaban J connectivity index is 1.69. The summed E-state index contributed by atoms with van der Waals surface area (Å²) >= 11 is 0. The van der Waals surface area contributed by atoms with Crippen LogP contribution < -0.4 is 14.8 Å². The minimum atomic E-state index is -0.505. The first-order chi connectivity index (χ1) is 9.51. The van der Waals surface area contributed by atoms with Crippen molar-refractivity contribution in [2.24, 2.45) is 5.92 Å². The Morgan fingerprint density at radius 1 is 1.25 bits per heavy atom. The number of methoxy groups -OCH3 is 1. The van der Waals surface area contributed by atoms with E-state index in [-0.39, 0.29) is 5.54 Å². The first-order valence-electron chi connectivity index (χ1n) is 7.21. The summed E-state index contributed by atoms with van der Waals surface area (Å²) in [7, 11) is 1.63. The predicted molar refractivity (Wildman–Crippen MR) is 79.3 cm³/mol. The standard InChI is InChI=1S/C16H25NO3/c1-16(2,12-4-5-12)17-10-13(18)11-20-15-8-6-14(19-3)7-9-15/h6-9,12-13,17-18H,4-5,10-11H2,1-3H3. The molecule has 20 heavy (non-hydrogen) atoms. The van der Waals surface area contributed by atoms with E-state index in [9.17, 15) is 5.11 Å². The number of hydrogen-bond acceptors (Lipinski definition) is 4. The van der Waals surface area contributed by atoms with Gasteiger partial charge in [-0.25, -0.2) is 0 Å². The van der Waals surface area contributed by atoms with Gasteiger partial charge >= 0.3 is 0 Å². The van der Waals surface area contributed by atoms with Crippen molar-refractivity contribution in [3.05, 3.63) is 24.3 Å². The van der Waals surface area contributed by atoms with Crippen LogP contribution in [0.5, 0.6) is 11.5 Å². The van der Waals surface area contributed by atoms with E-state index >= 15 is 0 Å². The van der Waals surface area contributed by atoms with Gasteiger partial charge in [0, 0.05) is 12.1 Å². The highest BCUT2D eigenvalue weighted by Gasteiger charge is 2.37. The van der Waals surface area contributed by atoms with E-state index in [1.165, 1.54) is 12.8 Å².